The fourth-order valence-electron chi connectivity index (χ4n) is 0.873. The van der Waals surface area contributed by atoms with Gasteiger partial charge in [0, 0.05) is 6.54 Å². The van der Waals surface area contributed by atoms with E-state index in [9.17, 15) is 9.59 Å². The van der Waals surface area contributed by atoms with E-state index in [2.05, 4.69) is 5.32 Å². The molecule has 1 aromatic heterocycles. The van der Waals surface area contributed by atoms with Crippen LogP contribution in [-0.2, 0) is 4.79 Å². The predicted octanol–water partition coefficient (Wildman–Crippen LogP) is 2.26. The lowest BCUT2D eigenvalue weighted by Crippen LogP contribution is -2.25. The molecule has 1 aromatic rings. The number of amides is 1. The van der Waals surface area contributed by atoms with Crippen LogP contribution in [0.4, 0.5) is 0 Å². The van der Waals surface area contributed by atoms with Gasteiger partial charge in [0.05, 0.1) is 16.3 Å². The van der Waals surface area contributed by atoms with E-state index >= 15 is 0 Å². The summed E-state index contributed by atoms with van der Waals surface area (Å²) in [6, 6.07) is 1.45. The van der Waals surface area contributed by atoms with Gasteiger partial charge in [0.1, 0.15) is 4.34 Å². The highest BCUT2D eigenvalue weighted by atomic mass is 35.5. The fourth-order valence-corrected chi connectivity index (χ4v) is 2.33. The Hall–Kier alpha value is -0.780. The van der Waals surface area contributed by atoms with Crippen molar-refractivity contribution in [3.63, 3.8) is 0 Å². The van der Waals surface area contributed by atoms with Crippen LogP contribution in [0, 0.1) is 0 Å². The van der Waals surface area contributed by atoms with Crippen LogP contribution >= 0.6 is 34.5 Å². The van der Waals surface area contributed by atoms with Crippen LogP contribution < -0.4 is 5.32 Å². The van der Waals surface area contributed by atoms with E-state index in [1.807, 2.05) is 0 Å². The third kappa shape index (κ3) is 3.70. The number of carboxylic acid groups (broad SMARTS) is 1. The number of carboxylic acids is 1. The Bertz CT molecular complexity index is 391. The number of aliphatic carboxylic acids is 1. The molecule has 1 amide bonds. The number of carbonyl (C=O) groups excluding carboxylic acids is 1. The van der Waals surface area contributed by atoms with Crippen LogP contribution in [0.15, 0.2) is 6.07 Å². The van der Waals surface area contributed by atoms with Gasteiger partial charge in [0.25, 0.3) is 5.91 Å². The van der Waals surface area contributed by atoms with Crippen molar-refractivity contribution in [1.82, 2.24) is 5.32 Å². The summed E-state index contributed by atoms with van der Waals surface area (Å²) in [5, 5.41) is 10.8. The van der Waals surface area contributed by atoms with Gasteiger partial charge in [-0.15, -0.1) is 11.3 Å². The average Bonchev–Trinajstić information content (AvgIpc) is 2.44. The van der Waals surface area contributed by atoms with E-state index in [1.54, 1.807) is 0 Å². The molecule has 0 aromatic carbocycles. The lowest BCUT2D eigenvalue weighted by atomic mass is 10.3. The van der Waals surface area contributed by atoms with Crippen molar-refractivity contribution in [2.75, 3.05) is 6.54 Å². The molecule has 4 nitrogen and oxygen atoms in total. The van der Waals surface area contributed by atoms with Gasteiger partial charge < -0.3 is 10.4 Å². The first-order valence-electron chi connectivity index (χ1n) is 3.95. The van der Waals surface area contributed by atoms with Crippen molar-refractivity contribution in [3.05, 3.63) is 20.3 Å². The van der Waals surface area contributed by atoms with Gasteiger partial charge in [-0.05, 0) is 6.07 Å². The molecule has 0 fully saturated rings. The SMILES string of the molecule is O=C(O)CCNC(=O)c1cc(Cl)sc1Cl. The van der Waals surface area contributed by atoms with Crippen molar-refractivity contribution >= 4 is 46.4 Å². The molecular formula is C8H7Cl2NO3S. The van der Waals surface area contributed by atoms with Crippen molar-refractivity contribution in [3.8, 4) is 0 Å². The summed E-state index contributed by atoms with van der Waals surface area (Å²) in [5.74, 6) is -1.38. The van der Waals surface area contributed by atoms with E-state index in [1.165, 1.54) is 6.07 Å². The summed E-state index contributed by atoms with van der Waals surface area (Å²) >= 11 is 12.5. The molecule has 0 spiro atoms. The molecule has 0 radical (unpaired) electrons. The molecule has 15 heavy (non-hydrogen) atoms. The Balaban J connectivity index is 2.54. The lowest BCUT2D eigenvalue weighted by molar-refractivity contribution is -0.136. The third-order valence-corrected chi connectivity index (χ3v) is 3.01. The fraction of sp³-hybridized carbons (Fsp3) is 0.250. The van der Waals surface area contributed by atoms with Crippen LogP contribution in [0.25, 0.3) is 0 Å². The largest absolute Gasteiger partial charge is 0.481 e. The Morgan fingerprint density at radius 2 is 2.13 bits per heavy atom. The van der Waals surface area contributed by atoms with E-state index in [0.29, 0.717) is 8.67 Å². The number of nitrogens with one attached hydrogen (secondary N) is 1. The molecule has 0 aliphatic heterocycles. The predicted molar refractivity (Wildman–Crippen MR) is 58.9 cm³/mol. The molecule has 0 unspecified atom stereocenters. The topological polar surface area (TPSA) is 66.4 Å². The first-order valence-corrected chi connectivity index (χ1v) is 5.52. The monoisotopic (exact) mass is 267 g/mol. The van der Waals surface area contributed by atoms with Crippen LogP contribution in [-0.4, -0.2) is 23.5 Å². The molecule has 0 aliphatic rings. The first kappa shape index (κ1) is 12.3. The number of carbonyl (C=O) groups is 2. The quantitative estimate of drug-likeness (QED) is 0.880. The number of halogens is 2. The summed E-state index contributed by atoms with van der Waals surface area (Å²) in [6.45, 7) is 0.0674. The molecule has 1 rings (SSSR count). The van der Waals surface area contributed by atoms with Crippen molar-refractivity contribution in [2.24, 2.45) is 0 Å². The minimum Gasteiger partial charge on any atom is -0.481 e. The molecule has 0 aliphatic carbocycles. The molecule has 2 N–H and O–H groups in total. The van der Waals surface area contributed by atoms with Gasteiger partial charge in [-0.1, -0.05) is 23.2 Å². The zero-order valence-corrected chi connectivity index (χ0v) is 9.75. The second kappa shape index (κ2) is 5.34. The zero-order valence-electron chi connectivity index (χ0n) is 7.42. The summed E-state index contributed by atoms with van der Waals surface area (Å²) in [6.07, 6.45) is -0.124. The normalized spacial score (nSPS) is 10.0. The minimum atomic E-state index is -0.968. The molecule has 0 saturated carbocycles. The highest BCUT2D eigenvalue weighted by Crippen LogP contribution is 2.30. The third-order valence-electron chi connectivity index (χ3n) is 1.53. The van der Waals surface area contributed by atoms with Gasteiger partial charge >= 0.3 is 5.97 Å². The van der Waals surface area contributed by atoms with Gasteiger partial charge in [-0.3, -0.25) is 9.59 Å². The maximum Gasteiger partial charge on any atom is 0.305 e. The number of hydrogen-bond acceptors (Lipinski definition) is 3. The van der Waals surface area contributed by atoms with Crippen molar-refractivity contribution in [2.45, 2.75) is 6.42 Å². The number of hydrogen-bond donors (Lipinski definition) is 2. The summed E-state index contributed by atoms with van der Waals surface area (Å²) in [7, 11) is 0. The molecule has 1 heterocycles. The summed E-state index contributed by atoms with van der Waals surface area (Å²) in [5.41, 5.74) is 0.275. The second-order valence-electron chi connectivity index (χ2n) is 2.64. The lowest BCUT2D eigenvalue weighted by Gasteiger charge is -2.01. The van der Waals surface area contributed by atoms with Gasteiger partial charge in [-0.2, -0.15) is 0 Å². The zero-order chi connectivity index (χ0) is 11.4. The van der Waals surface area contributed by atoms with Gasteiger partial charge in [0.2, 0.25) is 0 Å². The maximum atomic E-state index is 11.4. The van der Waals surface area contributed by atoms with Gasteiger partial charge in [-0.25, -0.2) is 0 Å². The molecule has 0 atom stereocenters. The van der Waals surface area contributed by atoms with Crippen LogP contribution in [0.2, 0.25) is 8.67 Å². The van der Waals surface area contributed by atoms with Crippen LogP contribution in [0.3, 0.4) is 0 Å². The Morgan fingerprint density at radius 3 is 2.60 bits per heavy atom. The van der Waals surface area contributed by atoms with E-state index in [0.717, 1.165) is 11.3 Å². The Labute approximate surface area is 99.8 Å². The average molecular weight is 268 g/mol. The second-order valence-corrected chi connectivity index (χ2v) is 4.92. The molecule has 0 saturated heterocycles. The molecule has 0 bridgehead atoms. The number of rotatable bonds is 4. The van der Waals surface area contributed by atoms with E-state index in [-0.39, 0.29) is 18.5 Å². The standard InChI is InChI=1S/C8H7Cl2NO3S/c9-5-3-4(7(10)15-5)8(14)11-2-1-6(12)13/h3H,1-2H2,(H,11,14)(H,12,13). The number of thiophene rings is 1. The minimum absolute atomic E-state index is 0.0674. The first-order chi connectivity index (χ1) is 7.00. The summed E-state index contributed by atoms with van der Waals surface area (Å²) < 4.78 is 0.719. The van der Waals surface area contributed by atoms with Crippen LogP contribution in [0.1, 0.15) is 16.8 Å². The summed E-state index contributed by atoms with van der Waals surface area (Å²) in [4.78, 5) is 21.6. The van der Waals surface area contributed by atoms with E-state index < -0.39 is 11.9 Å². The van der Waals surface area contributed by atoms with Crippen molar-refractivity contribution in [1.29, 1.82) is 0 Å². The smallest absolute Gasteiger partial charge is 0.305 e. The molecule has 82 valence electrons. The van der Waals surface area contributed by atoms with Crippen LogP contribution in [0.5, 0.6) is 0 Å². The van der Waals surface area contributed by atoms with E-state index in [4.69, 9.17) is 28.3 Å². The van der Waals surface area contributed by atoms with Crippen molar-refractivity contribution < 1.29 is 14.7 Å². The Kier molecular flexibility index (Phi) is 4.38. The molecular weight excluding hydrogens is 261 g/mol. The highest BCUT2D eigenvalue weighted by Gasteiger charge is 2.13. The van der Waals surface area contributed by atoms with Gasteiger partial charge in [0.15, 0.2) is 0 Å². The molecule has 7 heteroatoms. The Morgan fingerprint density at radius 1 is 1.47 bits per heavy atom. The maximum absolute atomic E-state index is 11.4. The highest BCUT2D eigenvalue weighted by molar-refractivity contribution is 7.20.